The molecule has 0 saturated carbocycles. The summed E-state index contributed by atoms with van der Waals surface area (Å²) in [5.74, 6) is -1.12. The van der Waals surface area contributed by atoms with E-state index in [0.717, 1.165) is 0 Å². The Bertz CT molecular complexity index is 692. The fraction of sp³-hybridized carbons (Fsp3) is 0.385. The SMILES string of the molecule is CCn1cc(NC(=O)c2[nH]ncc2Cl)c(C(=O)OC(C)C)n1. The Morgan fingerprint density at radius 3 is 2.77 bits per heavy atom. The molecule has 2 aromatic rings. The van der Waals surface area contributed by atoms with Crippen LogP contribution in [0.2, 0.25) is 5.02 Å². The van der Waals surface area contributed by atoms with Crippen molar-refractivity contribution in [3.05, 3.63) is 28.8 Å². The van der Waals surface area contributed by atoms with E-state index in [0.29, 0.717) is 6.54 Å². The zero-order valence-corrected chi connectivity index (χ0v) is 13.1. The zero-order chi connectivity index (χ0) is 16.3. The predicted octanol–water partition coefficient (Wildman–Crippen LogP) is 2.10. The molecule has 0 aliphatic rings. The van der Waals surface area contributed by atoms with Gasteiger partial charge >= 0.3 is 5.97 Å². The van der Waals surface area contributed by atoms with Gasteiger partial charge in [-0.3, -0.25) is 14.6 Å². The number of ether oxygens (including phenoxy) is 1. The van der Waals surface area contributed by atoms with Crippen molar-refractivity contribution < 1.29 is 14.3 Å². The molecular weight excluding hydrogens is 310 g/mol. The summed E-state index contributed by atoms with van der Waals surface area (Å²) in [6.45, 7) is 5.87. The lowest BCUT2D eigenvalue weighted by Crippen LogP contribution is -2.17. The fourth-order valence-electron chi connectivity index (χ4n) is 1.71. The van der Waals surface area contributed by atoms with Gasteiger partial charge in [0.15, 0.2) is 5.69 Å². The van der Waals surface area contributed by atoms with Crippen LogP contribution in [-0.4, -0.2) is 38.0 Å². The van der Waals surface area contributed by atoms with E-state index in [9.17, 15) is 9.59 Å². The van der Waals surface area contributed by atoms with Crippen LogP contribution in [0, 0.1) is 0 Å². The highest BCUT2D eigenvalue weighted by molar-refractivity contribution is 6.34. The number of nitrogens with zero attached hydrogens (tertiary/aromatic N) is 3. The molecule has 0 atom stereocenters. The van der Waals surface area contributed by atoms with E-state index in [4.69, 9.17) is 16.3 Å². The topological polar surface area (TPSA) is 102 Å². The van der Waals surface area contributed by atoms with Crippen LogP contribution in [0.25, 0.3) is 0 Å². The van der Waals surface area contributed by atoms with Gasteiger partial charge in [-0.25, -0.2) is 4.79 Å². The molecule has 1 amide bonds. The number of anilines is 1. The third-order valence-corrected chi connectivity index (χ3v) is 2.98. The first-order chi connectivity index (χ1) is 10.4. The number of carbonyl (C=O) groups is 2. The summed E-state index contributed by atoms with van der Waals surface area (Å²) >= 11 is 5.84. The molecule has 22 heavy (non-hydrogen) atoms. The van der Waals surface area contributed by atoms with Gasteiger partial charge < -0.3 is 10.1 Å². The Kier molecular flexibility index (Phi) is 4.81. The molecule has 0 aliphatic carbocycles. The first kappa shape index (κ1) is 16.0. The summed E-state index contributed by atoms with van der Waals surface area (Å²) in [4.78, 5) is 24.2. The maximum Gasteiger partial charge on any atom is 0.361 e. The maximum absolute atomic E-state index is 12.1. The van der Waals surface area contributed by atoms with Crippen molar-refractivity contribution in [3.8, 4) is 0 Å². The van der Waals surface area contributed by atoms with Crippen LogP contribution in [-0.2, 0) is 11.3 Å². The largest absolute Gasteiger partial charge is 0.458 e. The monoisotopic (exact) mass is 325 g/mol. The molecule has 0 unspecified atom stereocenters. The highest BCUT2D eigenvalue weighted by Gasteiger charge is 2.22. The molecule has 2 N–H and O–H groups in total. The van der Waals surface area contributed by atoms with E-state index in [-0.39, 0.29) is 28.2 Å². The van der Waals surface area contributed by atoms with Crippen molar-refractivity contribution in [2.24, 2.45) is 0 Å². The first-order valence-electron chi connectivity index (χ1n) is 6.71. The Morgan fingerprint density at radius 1 is 1.50 bits per heavy atom. The lowest BCUT2D eigenvalue weighted by molar-refractivity contribution is 0.0371. The van der Waals surface area contributed by atoms with E-state index in [1.54, 1.807) is 20.0 Å². The highest BCUT2D eigenvalue weighted by atomic mass is 35.5. The average molecular weight is 326 g/mol. The van der Waals surface area contributed by atoms with E-state index in [1.165, 1.54) is 10.9 Å². The lowest BCUT2D eigenvalue weighted by Gasteiger charge is -2.07. The molecule has 9 heteroatoms. The van der Waals surface area contributed by atoms with Crippen LogP contribution in [0.1, 0.15) is 41.7 Å². The van der Waals surface area contributed by atoms with Gasteiger partial charge in [0.1, 0.15) is 5.69 Å². The lowest BCUT2D eigenvalue weighted by atomic mass is 10.3. The second kappa shape index (κ2) is 6.61. The molecule has 0 spiro atoms. The second-order valence-electron chi connectivity index (χ2n) is 4.75. The standard InChI is InChI=1S/C13H16ClN5O3/c1-4-19-6-9(11(18-19)13(21)22-7(2)3)16-12(20)10-8(14)5-15-17-10/h5-7H,4H2,1-3H3,(H,15,17)(H,16,20). The molecule has 0 saturated heterocycles. The summed E-state index contributed by atoms with van der Waals surface area (Å²) in [5.41, 5.74) is 0.400. The number of carbonyl (C=O) groups excluding carboxylic acids is 2. The van der Waals surface area contributed by atoms with Crippen molar-refractivity contribution in [2.75, 3.05) is 5.32 Å². The maximum atomic E-state index is 12.1. The number of halogens is 1. The average Bonchev–Trinajstić information content (AvgIpc) is 3.04. The van der Waals surface area contributed by atoms with Gasteiger partial charge in [0.25, 0.3) is 5.91 Å². The van der Waals surface area contributed by atoms with Crippen molar-refractivity contribution in [1.29, 1.82) is 0 Å². The van der Waals surface area contributed by atoms with E-state index < -0.39 is 11.9 Å². The number of rotatable bonds is 5. The molecule has 0 bridgehead atoms. The predicted molar refractivity (Wildman–Crippen MR) is 80.0 cm³/mol. The summed E-state index contributed by atoms with van der Waals surface area (Å²) in [6, 6.07) is 0. The molecule has 2 heterocycles. The number of nitrogens with one attached hydrogen (secondary N) is 2. The molecule has 0 aliphatic heterocycles. The van der Waals surface area contributed by atoms with Crippen LogP contribution in [0.15, 0.2) is 12.4 Å². The van der Waals surface area contributed by atoms with Crippen LogP contribution in [0.4, 0.5) is 5.69 Å². The Morgan fingerprint density at radius 2 is 2.23 bits per heavy atom. The number of aryl methyl sites for hydroxylation is 1. The molecule has 0 radical (unpaired) electrons. The molecule has 2 rings (SSSR count). The second-order valence-corrected chi connectivity index (χ2v) is 5.16. The smallest absolute Gasteiger partial charge is 0.361 e. The molecule has 0 fully saturated rings. The minimum atomic E-state index is -0.604. The summed E-state index contributed by atoms with van der Waals surface area (Å²) in [7, 11) is 0. The van der Waals surface area contributed by atoms with E-state index >= 15 is 0 Å². The Labute approximate surface area is 131 Å². The highest BCUT2D eigenvalue weighted by Crippen LogP contribution is 2.19. The number of amides is 1. The quantitative estimate of drug-likeness (QED) is 0.819. The minimum absolute atomic E-state index is 0.0412. The molecular formula is C13H16ClN5O3. The van der Waals surface area contributed by atoms with Gasteiger partial charge in [0.2, 0.25) is 0 Å². The number of aromatic amines is 1. The van der Waals surface area contributed by atoms with Crippen LogP contribution < -0.4 is 5.32 Å². The molecule has 2 aromatic heterocycles. The molecule has 0 aromatic carbocycles. The van der Waals surface area contributed by atoms with Crippen molar-refractivity contribution in [1.82, 2.24) is 20.0 Å². The van der Waals surface area contributed by atoms with Gasteiger partial charge in [-0.15, -0.1) is 0 Å². The Hall–Kier alpha value is -2.35. The number of hydrogen-bond donors (Lipinski definition) is 2. The Balaban J connectivity index is 2.26. The third-order valence-electron chi connectivity index (χ3n) is 2.69. The fourth-order valence-corrected chi connectivity index (χ4v) is 1.89. The summed E-state index contributed by atoms with van der Waals surface area (Å²) in [5, 5.41) is 13.0. The van der Waals surface area contributed by atoms with Gasteiger partial charge in [0.05, 0.1) is 23.0 Å². The van der Waals surface area contributed by atoms with Gasteiger partial charge in [-0.2, -0.15) is 10.2 Å². The van der Waals surface area contributed by atoms with Crippen LogP contribution >= 0.6 is 11.6 Å². The van der Waals surface area contributed by atoms with Crippen molar-refractivity contribution >= 4 is 29.2 Å². The van der Waals surface area contributed by atoms with Crippen molar-refractivity contribution in [2.45, 2.75) is 33.4 Å². The molecule has 118 valence electrons. The van der Waals surface area contributed by atoms with E-state index in [1.807, 2.05) is 6.92 Å². The number of hydrogen-bond acceptors (Lipinski definition) is 5. The summed E-state index contributed by atoms with van der Waals surface area (Å²) < 4.78 is 6.65. The zero-order valence-electron chi connectivity index (χ0n) is 12.4. The van der Waals surface area contributed by atoms with Crippen LogP contribution in [0.3, 0.4) is 0 Å². The summed E-state index contributed by atoms with van der Waals surface area (Å²) in [6.07, 6.45) is 2.59. The van der Waals surface area contributed by atoms with E-state index in [2.05, 4.69) is 20.6 Å². The molecule has 8 nitrogen and oxygen atoms in total. The van der Waals surface area contributed by atoms with Crippen LogP contribution in [0.5, 0.6) is 0 Å². The number of H-pyrrole nitrogens is 1. The van der Waals surface area contributed by atoms with Gasteiger partial charge in [-0.05, 0) is 20.8 Å². The van der Waals surface area contributed by atoms with Gasteiger partial charge in [0, 0.05) is 12.7 Å². The third kappa shape index (κ3) is 3.45. The minimum Gasteiger partial charge on any atom is -0.458 e. The number of esters is 1. The number of aromatic nitrogens is 4. The van der Waals surface area contributed by atoms with Crippen molar-refractivity contribution in [3.63, 3.8) is 0 Å². The van der Waals surface area contributed by atoms with Gasteiger partial charge in [-0.1, -0.05) is 11.6 Å². The first-order valence-corrected chi connectivity index (χ1v) is 7.08. The normalized spacial score (nSPS) is 10.8.